The molecule has 3 amide bonds. The predicted molar refractivity (Wildman–Crippen MR) is 60.0 cm³/mol. The molecular formula is C9H16N4O5. The number of rotatable bonds is 7. The molecule has 0 bridgehead atoms. The number of carboxylic acids is 1. The third-order valence-corrected chi connectivity index (χ3v) is 1.87. The molecule has 0 aliphatic carbocycles. The van der Waals surface area contributed by atoms with E-state index in [4.69, 9.17) is 16.6 Å². The Morgan fingerprint density at radius 1 is 1.22 bits per heavy atom. The van der Waals surface area contributed by atoms with Gasteiger partial charge in [0.15, 0.2) is 0 Å². The number of nitrogens with one attached hydrogen (secondary N) is 2. The molecule has 0 aliphatic rings. The number of hydrogen-bond donors (Lipinski definition) is 5. The van der Waals surface area contributed by atoms with Crippen molar-refractivity contribution < 1.29 is 24.3 Å². The van der Waals surface area contributed by atoms with Crippen molar-refractivity contribution in [3.8, 4) is 0 Å². The maximum absolute atomic E-state index is 11.5. The second-order valence-corrected chi connectivity index (χ2v) is 3.63. The van der Waals surface area contributed by atoms with Crippen LogP contribution in [0.5, 0.6) is 0 Å². The molecule has 0 fully saturated rings. The Morgan fingerprint density at radius 2 is 1.78 bits per heavy atom. The lowest BCUT2D eigenvalue weighted by molar-refractivity contribution is -0.138. The lowest BCUT2D eigenvalue weighted by Gasteiger charge is -2.17. The first-order valence-electron chi connectivity index (χ1n) is 5.07. The molecule has 0 unspecified atom stereocenters. The van der Waals surface area contributed by atoms with Crippen LogP contribution in [0.4, 0.5) is 0 Å². The zero-order chi connectivity index (χ0) is 14.3. The number of carbonyl (C=O) groups is 4. The Hall–Kier alpha value is -2.16. The molecule has 0 aromatic carbocycles. The molecule has 0 radical (unpaired) electrons. The summed E-state index contributed by atoms with van der Waals surface area (Å²) >= 11 is 0. The van der Waals surface area contributed by atoms with Crippen molar-refractivity contribution >= 4 is 23.7 Å². The Bertz CT molecular complexity index is 355. The summed E-state index contributed by atoms with van der Waals surface area (Å²) in [5.41, 5.74) is 10.2. The minimum Gasteiger partial charge on any atom is -0.480 e. The summed E-state index contributed by atoms with van der Waals surface area (Å²) in [6.45, 7) is 0.772. The molecular weight excluding hydrogens is 244 g/mol. The highest BCUT2D eigenvalue weighted by molar-refractivity contribution is 5.93. The van der Waals surface area contributed by atoms with Gasteiger partial charge in [0, 0.05) is 0 Å². The molecule has 0 spiro atoms. The van der Waals surface area contributed by atoms with Crippen LogP contribution in [0.25, 0.3) is 0 Å². The van der Waals surface area contributed by atoms with E-state index in [-0.39, 0.29) is 0 Å². The SMILES string of the molecule is C[C@H](N)C(=O)N[C@@H](CC(N)=O)C(=O)NCC(=O)O. The van der Waals surface area contributed by atoms with E-state index in [1.165, 1.54) is 6.92 Å². The molecule has 18 heavy (non-hydrogen) atoms. The van der Waals surface area contributed by atoms with Crippen LogP contribution in [0.3, 0.4) is 0 Å². The van der Waals surface area contributed by atoms with Crippen LogP contribution in [0.15, 0.2) is 0 Å². The number of carboxylic acid groups (broad SMARTS) is 1. The van der Waals surface area contributed by atoms with Crippen LogP contribution < -0.4 is 22.1 Å². The fourth-order valence-corrected chi connectivity index (χ4v) is 1.000. The van der Waals surface area contributed by atoms with E-state index < -0.39 is 48.7 Å². The fourth-order valence-electron chi connectivity index (χ4n) is 1.000. The van der Waals surface area contributed by atoms with Crippen molar-refractivity contribution in [1.29, 1.82) is 0 Å². The molecule has 9 nitrogen and oxygen atoms in total. The van der Waals surface area contributed by atoms with Gasteiger partial charge in [-0.25, -0.2) is 0 Å². The second-order valence-electron chi connectivity index (χ2n) is 3.63. The van der Waals surface area contributed by atoms with Crippen LogP contribution in [0.2, 0.25) is 0 Å². The first kappa shape index (κ1) is 15.8. The summed E-state index contributed by atoms with van der Waals surface area (Å²) in [5, 5.41) is 12.6. The van der Waals surface area contributed by atoms with Gasteiger partial charge in [0.05, 0.1) is 12.5 Å². The lowest BCUT2D eigenvalue weighted by atomic mass is 10.1. The number of primary amides is 1. The summed E-state index contributed by atoms with van der Waals surface area (Å²) in [6.07, 6.45) is -0.441. The molecule has 0 saturated carbocycles. The van der Waals surface area contributed by atoms with Crippen LogP contribution in [0.1, 0.15) is 13.3 Å². The van der Waals surface area contributed by atoms with Gasteiger partial charge in [-0.05, 0) is 6.92 Å². The van der Waals surface area contributed by atoms with Gasteiger partial charge in [-0.1, -0.05) is 0 Å². The monoisotopic (exact) mass is 260 g/mol. The first-order chi connectivity index (χ1) is 8.23. The quantitative estimate of drug-likeness (QED) is 0.325. The van der Waals surface area contributed by atoms with E-state index >= 15 is 0 Å². The normalized spacial score (nSPS) is 13.2. The highest BCUT2D eigenvalue weighted by Gasteiger charge is 2.24. The Morgan fingerprint density at radius 3 is 2.17 bits per heavy atom. The summed E-state index contributed by atoms with van der Waals surface area (Å²) < 4.78 is 0. The molecule has 0 aromatic heterocycles. The maximum atomic E-state index is 11.5. The van der Waals surface area contributed by atoms with Crippen molar-refractivity contribution in [2.45, 2.75) is 25.4 Å². The van der Waals surface area contributed by atoms with Crippen molar-refractivity contribution in [2.75, 3.05) is 6.54 Å². The van der Waals surface area contributed by atoms with Gasteiger partial charge >= 0.3 is 5.97 Å². The van der Waals surface area contributed by atoms with Crippen molar-refractivity contribution in [3.63, 3.8) is 0 Å². The number of hydrogen-bond acceptors (Lipinski definition) is 5. The topological polar surface area (TPSA) is 165 Å². The predicted octanol–water partition coefficient (Wildman–Crippen LogP) is -3.11. The molecule has 0 rings (SSSR count). The summed E-state index contributed by atoms with van der Waals surface area (Å²) in [7, 11) is 0. The average Bonchev–Trinajstić information content (AvgIpc) is 2.23. The van der Waals surface area contributed by atoms with Gasteiger partial charge in [-0.3, -0.25) is 19.2 Å². The second kappa shape index (κ2) is 7.22. The van der Waals surface area contributed by atoms with E-state index in [1.807, 2.05) is 5.32 Å². The zero-order valence-corrected chi connectivity index (χ0v) is 9.80. The average molecular weight is 260 g/mol. The standard InChI is InChI=1S/C9H16N4O5/c1-4(10)8(17)13-5(2-6(11)14)9(18)12-3-7(15)16/h4-5H,2-3,10H2,1H3,(H2,11,14)(H,12,18)(H,13,17)(H,15,16)/t4-,5-/m0/s1. The van der Waals surface area contributed by atoms with Gasteiger partial charge in [-0.15, -0.1) is 0 Å². The van der Waals surface area contributed by atoms with Crippen LogP contribution >= 0.6 is 0 Å². The third kappa shape index (κ3) is 6.43. The molecule has 7 N–H and O–H groups in total. The fraction of sp³-hybridized carbons (Fsp3) is 0.556. The third-order valence-electron chi connectivity index (χ3n) is 1.87. The number of nitrogens with two attached hydrogens (primary N) is 2. The minimum atomic E-state index is -1.25. The summed E-state index contributed by atoms with van der Waals surface area (Å²) in [4.78, 5) is 43.8. The van der Waals surface area contributed by atoms with Crippen molar-refractivity contribution in [3.05, 3.63) is 0 Å². The molecule has 9 heteroatoms. The Kier molecular flexibility index (Phi) is 6.35. The Labute approximate surface area is 103 Å². The highest BCUT2D eigenvalue weighted by Crippen LogP contribution is 1.93. The molecule has 2 atom stereocenters. The van der Waals surface area contributed by atoms with Gasteiger partial charge in [0.1, 0.15) is 12.6 Å². The van der Waals surface area contributed by atoms with E-state index in [2.05, 4.69) is 5.32 Å². The van der Waals surface area contributed by atoms with Gasteiger partial charge in [0.2, 0.25) is 17.7 Å². The highest BCUT2D eigenvalue weighted by atomic mass is 16.4. The smallest absolute Gasteiger partial charge is 0.322 e. The van der Waals surface area contributed by atoms with Crippen molar-refractivity contribution in [2.24, 2.45) is 11.5 Å². The van der Waals surface area contributed by atoms with E-state index in [1.54, 1.807) is 0 Å². The summed E-state index contributed by atoms with van der Waals surface area (Å²) in [6, 6.07) is -2.10. The molecule has 0 aromatic rings. The largest absolute Gasteiger partial charge is 0.480 e. The molecule has 0 saturated heterocycles. The van der Waals surface area contributed by atoms with E-state index in [0.717, 1.165) is 0 Å². The molecule has 102 valence electrons. The van der Waals surface area contributed by atoms with Gasteiger partial charge in [0.25, 0.3) is 0 Å². The van der Waals surface area contributed by atoms with Crippen LogP contribution in [-0.4, -0.2) is 47.4 Å². The Balaban J connectivity index is 4.56. The minimum absolute atomic E-state index is 0.441. The first-order valence-corrected chi connectivity index (χ1v) is 5.07. The number of amides is 3. The van der Waals surface area contributed by atoms with E-state index in [9.17, 15) is 19.2 Å². The van der Waals surface area contributed by atoms with E-state index in [0.29, 0.717) is 0 Å². The lowest BCUT2D eigenvalue weighted by Crippen LogP contribution is -2.52. The number of aliphatic carboxylic acids is 1. The molecule has 0 aliphatic heterocycles. The van der Waals surface area contributed by atoms with Crippen LogP contribution in [0, 0.1) is 0 Å². The van der Waals surface area contributed by atoms with Gasteiger partial charge < -0.3 is 27.2 Å². The number of carbonyl (C=O) groups excluding carboxylic acids is 3. The van der Waals surface area contributed by atoms with Crippen molar-refractivity contribution in [1.82, 2.24) is 10.6 Å². The van der Waals surface area contributed by atoms with Crippen LogP contribution in [-0.2, 0) is 19.2 Å². The maximum Gasteiger partial charge on any atom is 0.322 e. The summed E-state index contributed by atoms with van der Waals surface area (Å²) in [5.74, 6) is -3.52. The van der Waals surface area contributed by atoms with Gasteiger partial charge in [-0.2, -0.15) is 0 Å². The zero-order valence-electron chi connectivity index (χ0n) is 9.80. The molecule has 0 heterocycles.